The maximum absolute atomic E-state index is 5.73. The molecule has 0 fully saturated rings. The summed E-state index contributed by atoms with van der Waals surface area (Å²) < 4.78 is 7.50. The summed E-state index contributed by atoms with van der Waals surface area (Å²) in [5.41, 5.74) is 22.0. The Labute approximate surface area is 427 Å². The molecule has 9 aromatic heterocycles. The van der Waals surface area contributed by atoms with Crippen LogP contribution < -0.4 is 0 Å². The highest BCUT2D eigenvalue weighted by atomic mass is 15.0. The Morgan fingerprint density at radius 3 is 1.36 bits per heavy atom. The van der Waals surface area contributed by atoms with Gasteiger partial charge in [-0.3, -0.25) is 9.97 Å². The van der Waals surface area contributed by atoms with Gasteiger partial charge in [0.15, 0.2) is 0 Å². The van der Waals surface area contributed by atoms with Gasteiger partial charge in [0.1, 0.15) is 0 Å². The third-order valence-electron chi connectivity index (χ3n) is 16.5. The largest absolute Gasteiger partial charge is 0.308 e. The lowest BCUT2D eigenvalue weighted by Crippen LogP contribution is -1.93. The lowest BCUT2D eigenvalue weighted by atomic mass is 9.95. The van der Waals surface area contributed by atoms with Gasteiger partial charge in [0.05, 0.1) is 84.6 Å². The molecule has 0 spiro atoms. The molecule has 6 heteroatoms. The van der Waals surface area contributed by atoms with Crippen LogP contribution in [0.25, 0.3) is 170 Å². The molecule has 344 valence electrons. The zero-order valence-corrected chi connectivity index (χ0v) is 40.1. The summed E-state index contributed by atoms with van der Waals surface area (Å²) in [7, 11) is 0. The second-order valence-corrected chi connectivity index (χ2v) is 20.3. The number of pyridine rings is 3. The summed E-state index contributed by atoms with van der Waals surface area (Å²) in [6.07, 6.45) is 4.20. The van der Waals surface area contributed by atoms with Gasteiger partial charge in [-0.15, -0.1) is 0 Å². The van der Waals surface area contributed by atoms with E-state index in [0.29, 0.717) is 0 Å². The van der Waals surface area contributed by atoms with Gasteiger partial charge in [0, 0.05) is 81.5 Å². The van der Waals surface area contributed by atoms with E-state index in [2.05, 4.69) is 244 Å². The second kappa shape index (κ2) is 14.3. The second-order valence-electron chi connectivity index (χ2n) is 20.3. The molecule has 9 aromatic carbocycles. The number of para-hydroxylation sites is 2. The maximum atomic E-state index is 5.73. The number of fused-ring (bicyclic) bond motifs is 18. The molecule has 0 saturated heterocycles. The molecule has 9 heterocycles. The molecule has 0 N–H and O–H groups in total. The van der Waals surface area contributed by atoms with Crippen molar-refractivity contribution in [3.05, 3.63) is 231 Å². The van der Waals surface area contributed by atoms with Crippen molar-refractivity contribution < 1.29 is 0 Å². The van der Waals surface area contributed by atoms with Crippen LogP contribution in [0.4, 0.5) is 0 Å². The standard InChI is InChI=1S/C69H38N6/c1-5-16-39(17-6-1)44-31-51-49-34-56(40-18-7-2-8-19-40)70-37-61(49)74-66(51)52(32-44)53-33-55-64-69-54(36-58(72-64)42-22-11-4-12-23-42)50-35-57(41-20-9-3-10-21-41)71-38-62(50)75(69)68(55)63(67(53)74)43-28-29-60-48(30-43)47-26-15-25-46-45-24-13-14-27-59(45)73(60)65(46)47/h1-38H. The molecular weight excluding hydrogens is 913 g/mol. The van der Waals surface area contributed by atoms with E-state index in [1.54, 1.807) is 0 Å². The van der Waals surface area contributed by atoms with Gasteiger partial charge >= 0.3 is 0 Å². The minimum absolute atomic E-state index is 0.939. The molecule has 18 aromatic rings. The Balaban J connectivity index is 1.07. The highest BCUT2D eigenvalue weighted by Crippen LogP contribution is 2.52. The topological polar surface area (TPSA) is 51.9 Å². The molecule has 0 saturated carbocycles. The molecule has 0 aliphatic carbocycles. The fourth-order valence-electron chi connectivity index (χ4n) is 13.3. The lowest BCUT2D eigenvalue weighted by molar-refractivity contribution is 1.29. The Morgan fingerprint density at radius 2 is 0.693 bits per heavy atom. The summed E-state index contributed by atoms with van der Waals surface area (Å²) >= 11 is 0. The van der Waals surface area contributed by atoms with Crippen molar-refractivity contribution in [3.63, 3.8) is 0 Å². The van der Waals surface area contributed by atoms with E-state index in [0.717, 1.165) is 94.2 Å². The number of aromatic nitrogens is 6. The van der Waals surface area contributed by atoms with Crippen LogP contribution in [0.5, 0.6) is 0 Å². The van der Waals surface area contributed by atoms with Gasteiger partial charge in [-0.1, -0.05) is 164 Å². The van der Waals surface area contributed by atoms with Gasteiger partial charge in [-0.25, -0.2) is 4.98 Å². The third-order valence-corrected chi connectivity index (χ3v) is 16.5. The van der Waals surface area contributed by atoms with Crippen molar-refractivity contribution in [1.29, 1.82) is 0 Å². The maximum Gasteiger partial charge on any atom is 0.0977 e. The molecule has 0 aliphatic rings. The summed E-state index contributed by atoms with van der Waals surface area (Å²) in [4.78, 5) is 16.2. The first kappa shape index (κ1) is 39.4. The van der Waals surface area contributed by atoms with Crippen LogP contribution in [0, 0.1) is 0 Å². The quantitative estimate of drug-likeness (QED) is 0.173. The van der Waals surface area contributed by atoms with Gasteiger partial charge in [0.2, 0.25) is 0 Å². The van der Waals surface area contributed by atoms with Crippen LogP contribution in [0.2, 0.25) is 0 Å². The smallest absolute Gasteiger partial charge is 0.0977 e. The van der Waals surface area contributed by atoms with Crippen LogP contribution in [-0.4, -0.2) is 28.2 Å². The Kier molecular flexibility index (Phi) is 7.51. The molecule has 0 bridgehead atoms. The minimum atomic E-state index is 0.939. The summed E-state index contributed by atoms with van der Waals surface area (Å²) in [5, 5.41) is 13.2. The van der Waals surface area contributed by atoms with Crippen molar-refractivity contribution in [1.82, 2.24) is 28.2 Å². The Bertz CT molecular complexity index is 5140. The predicted octanol–water partition coefficient (Wildman–Crippen LogP) is 17.7. The number of hydrogen-bond acceptors (Lipinski definition) is 3. The number of hydrogen-bond donors (Lipinski definition) is 0. The van der Waals surface area contributed by atoms with Crippen molar-refractivity contribution in [2.24, 2.45) is 0 Å². The first-order valence-corrected chi connectivity index (χ1v) is 25.7. The average Bonchev–Trinajstić information content (AvgIpc) is 4.51. The minimum Gasteiger partial charge on any atom is -0.308 e. The van der Waals surface area contributed by atoms with Gasteiger partial charge in [0.25, 0.3) is 0 Å². The van der Waals surface area contributed by atoms with E-state index in [-0.39, 0.29) is 0 Å². The highest BCUT2D eigenvalue weighted by Gasteiger charge is 2.30. The van der Waals surface area contributed by atoms with E-state index >= 15 is 0 Å². The fourth-order valence-corrected chi connectivity index (χ4v) is 13.3. The fraction of sp³-hybridized carbons (Fsp3) is 0. The van der Waals surface area contributed by atoms with Gasteiger partial charge < -0.3 is 13.2 Å². The van der Waals surface area contributed by atoms with Crippen molar-refractivity contribution in [3.8, 4) is 56.0 Å². The predicted molar refractivity (Wildman–Crippen MR) is 311 cm³/mol. The number of nitrogens with zero attached hydrogens (tertiary/aromatic N) is 6. The number of rotatable bonds is 5. The lowest BCUT2D eigenvalue weighted by Gasteiger charge is -2.12. The van der Waals surface area contributed by atoms with E-state index in [4.69, 9.17) is 15.0 Å². The van der Waals surface area contributed by atoms with E-state index < -0.39 is 0 Å². The zero-order chi connectivity index (χ0) is 48.6. The van der Waals surface area contributed by atoms with Crippen molar-refractivity contribution >= 4 is 114 Å². The van der Waals surface area contributed by atoms with Crippen LogP contribution in [0.15, 0.2) is 231 Å². The van der Waals surface area contributed by atoms with Gasteiger partial charge in [-0.2, -0.15) is 0 Å². The van der Waals surface area contributed by atoms with E-state index in [1.165, 1.54) is 76.3 Å². The monoisotopic (exact) mass is 950 g/mol. The molecular formula is C69H38N6. The molecule has 18 rings (SSSR count). The van der Waals surface area contributed by atoms with Crippen molar-refractivity contribution in [2.75, 3.05) is 0 Å². The van der Waals surface area contributed by atoms with Crippen LogP contribution in [-0.2, 0) is 0 Å². The zero-order valence-electron chi connectivity index (χ0n) is 40.1. The molecule has 6 nitrogen and oxygen atoms in total. The SMILES string of the molecule is c1ccc(-c2cc3c4cc(-c5ccccc5)ncc4n4c5c(-c6ccc7c(c6)c6cccc8c9ccccc9n7c86)c6c(cc5c(c2)c34)c2nc(-c3ccccc3)cc3c4cc(-c5ccccc5)ncc4n6c32)cc1. The molecule has 0 aliphatic heterocycles. The Morgan fingerprint density at radius 1 is 0.240 bits per heavy atom. The third kappa shape index (κ3) is 5.14. The first-order valence-electron chi connectivity index (χ1n) is 25.7. The summed E-state index contributed by atoms with van der Waals surface area (Å²) in [5.74, 6) is 0. The average molecular weight is 951 g/mol. The molecule has 75 heavy (non-hydrogen) atoms. The van der Waals surface area contributed by atoms with E-state index in [9.17, 15) is 0 Å². The summed E-state index contributed by atoms with van der Waals surface area (Å²) in [6, 6.07) is 79.5. The highest BCUT2D eigenvalue weighted by molar-refractivity contribution is 6.34. The van der Waals surface area contributed by atoms with Crippen LogP contribution >= 0.6 is 0 Å². The summed E-state index contributed by atoms with van der Waals surface area (Å²) in [6.45, 7) is 0. The number of benzene rings is 9. The molecule has 0 radical (unpaired) electrons. The van der Waals surface area contributed by atoms with Crippen LogP contribution in [0.1, 0.15) is 0 Å². The molecule has 0 amide bonds. The first-order chi connectivity index (χ1) is 37.2. The van der Waals surface area contributed by atoms with Gasteiger partial charge in [-0.05, 0) is 71.3 Å². The Hall–Kier alpha value is -10.2. The molecule has 0 atom stereocenters. The van der Waals surface area contributed by atoms with Crippen molar-refractivity contribution in [2.45, 2.75) is 0 Å². The van der Waals surface area contributed by atoms with E-state index in [1.807, 2.05) is 0 Å². The molecule has 0 unspecified atom stereocenters. The normalized spacial score (nSPS) is 12.5. The van der Waals surface area contributed by atoms with Crippen LogP contribution in [0.3, 0.4) is 0 Å².